The predicted molar refractivity (Wildman–Crippen MR) is 114 cm³/mol. The van der Waals surface area contributed by atoms with Crippen LogP contribution in [0.5, 0.6) is 0 Å². The highest BCUT2D eigenvalue weighted by atomic mass is 32.2. The molecule has 28 heavy (non-hydrogen) atoms. The summed E-state index contributed by atoms with van der Waals surface area (Å²) in [6.45, 7) is 2.06. The van der Waals surface area contributed by atoms with Crippen LogP contribution in [0.1, 0.15) is 44.1 Å². The van der Waals surface area contributed by atoms with Crippen LogP contribution in [0, 0.1) is 24.7 Å². The van der Waals surface area contributed by atoms with Gasteiger partial charge in [0.25, 0.3) is 0 Å². The number of carbonyl (C=O) groups excluding carboxylic acids is 1. The molecule has 5 nitrogen and oxygen atoms in total. The van der Waals surface area contributed by atoms with E-state index in [1.807, 2.05) is 12.1 Å². The predicted octanol–water partition coefficient (Wildman–Crippen LogP) is 4.77. The molecule has 1 aromatic carbocycles. The molecular formula is C21H26N4OS2. The van der Waals surface area contributed by atoms with Gasteiger partial charge in [-0.05, 0) is 80.9 Å². The maximum absolute atomic E-state index is 12.6. The Labute approximate surface area is 174 Å². The van der Waals surface area contributed by atoms with E-state index in [2.05, 4.69) is 39.9 Å². The quantitative estimate of drug-likeness (QED) is 0.667. The fraction of sp³-hybridized carbons (Fsp3) is 0.571. The van der Waals surface area contributed by atoms with E-state index in [0.717, 1.165) is 32.9 Å². The van der Waals surface area contributed by atoms with E-state index in [-0.39, 0.29) is 11.4 Å². The summed E-state index contributed by atoms with van der Waals surface area (Å²) in [7, 11) is 0. The zero-order valence-electron chi connectivity index (χ0n) is 16.1. The molecule has 7 heteroatoms. The van der Waals surface area contributed by atoms with Crippen molar-refractivity contribution in [3.63, 3.8) is 0 Å². The molecule has 0 unspecified atom stereocenters. The molecule has 0 spiro atoms. The molecule has 1 aromatic heterocycles. The highest BCUT2D eigenvalue weighted by Gasteiger charge is 2.51. The van der Waals surface area contributed by atoms with Crippen molar-refractivity contribution in [2.24, 2.45) is 17.8 Å². The minimum absolute atomic E-state index is 0.0887. The third-order valence-electron chi connectivity index (χ3n) is 6.45. The van der Waals surface area contributed by atoms with Crippen LogP contribution in [0.2, 0.25) is 0 Å². The zero-order valence-corrected chi connectivity index (χ0v) is 17.7. The van der Waals surface area contributed by atoms with Gasteiger partial charge in [0.15, 0.2) is 4.34 Å². The van der Waals surface area contributed by atoms with Crippen LogP contribution in [-0.4, -0.2) is 27.4 Å². The van der Waals surface area contributed by atoms with Gasteiger partial charge in [-0.15, -0.1) is 10.2 Å². The molecule has 2 aromatic rings. The molecule has 0 radical (unpaired) electrons. The van der Waals surface area contributed by atoms with Crippen molar-refractivity contribution in [2.45, 2.75) is 55.3 Å². The number of anilines is 2. The maximum atomic E-state index is 12.6. The first-order chi connectivity index (χ1) is 13.6. The van der Waals surface area contributed by atoms with Crippen molar-refractivity contribution < 1.29 is 4.79 Å². The summed E-state index contributed by atoms with van der Waals surface area (Å²) in [5, 5.41) is 15.9. The zero-order chi connectivity index (χ0) is 19.1. The van der Waals surface area contributed by atoms with E-state index in [9.17, 15) is 4.79 Å². The van der Waals surface area contributed by atoms with Gasteiger partial charge in [-0.25, -0.2) is 0 Å². The molecule has 148 valence electrons. The van der Waals surface area contributed by atoms with Gasteiger partial charge in [0.1, 0.15) is 0 Å². The van der Waals surface area contributed by atoms with Gasteiger partial charge >= 0.3 is 0 Å². The van der Waals surface area contributed by atoms with E-state index in [0.29, 0.717) is 5.75 Å². The molecule has 1 amide bonds. The summed E-state index contributed by atoms with van der Waals surface area (Å²) in [6.07, 6.45) is 7.76. The number of nitrogens with one attached hydrogen (secondary N) is 2. The summed E-state index contributed by atoms with van der Waals surface area (Å²) in [5.74, 6) is 3.10. The first-order valence-electron chi connectivity index (χ1n) is 10.2. The number of aromatic nitrogens is 2. The Hall–Kier alpha value is -1.60. The average Bonchev–Trinajstić information content (AvgIpc) is 3.06. The summed E-state index contributed by atoms with van der Waals surface area (Å²) >= 11 is 2.98. The van der Waals surface area contributed by atoms with Gasteiger partial charge in [0.05, 0.1) is 5.75 Å². The summed E-state index contributed by atoms with van der Waals surface area (Å²) < 4.78 is 0.829. The molecule has 2 N–H and O–H groups in total. The molecule has 4 fully saturated rings. The Kier molecular flexibility index (Phi) is 4.83. The lowest BCUT2D eigenvalue weighted by Crippen LogP contribution is -2.60. The minimum atomic E-state index is 0.0887. The van der Waals surface area contributed by atoms with Crippen molar-refractivity contribution in [2.75, 3.05) is 11.1 Å². The fourth-order valence-corrected chi connectivity index (χ4v) is 7.46. The van der Waals surface area contributed by atoms with Gasteiger partial charge in [-0.1, -0.05) is 35.2 Å². The number of hydrogen-bond donors (Lipinski definition) is 2. The number of aryl methyl sites for hydroxylation is 1. The molecule has 4 bridgehead atoms. The molecule has 4 saturated carbocycles. The smallest absolute Gasteiger partial charge is 0.230 e. The Morgan fingerprint density at radius 3 is 2.57 bits per heavy atom. The standard InChI is InChI=1S/C21H26N4OS2/c1-13-3-2-4-17(5-13)22-19-24-25-20(28-19)27-12-18(26)23-21-9-14-6-15(10-21)8-16(7-14)11-21/h2-5,14-16H,6-12H2,1H3,(H,22,24)(H,23,26). The number of benzene rings is 1. The molecule has 4 aliphatic rings. The van der Waals surface area contributed by atoms with Crippen molar-refractivity contribution in [1.82, 2.24) is 15.5 Å². The average molecular weight is 415 g/mol. The lowest BCUT2D eigenvalue weighted by molar-refractivity contribution is -0.124. The lowest BCUT2D eigenvalue weighted by Gasteiger charge is -2.56. The van der Waals surface area contributed by atoms with Crippen LogP contribution in [0.3, 0.4) is 0 Å². The number of thioether (sulfide) groups is 1. The van der Waals surface area contributed by atoms with Gasteiger partial charge in [0.2, 0.25) is 11.0 Å². The van der Waals surface area contributed by atoms with Crippen molar-refractivity contribution in [3.05, 3.63) is 29.8 Å². The highest BCUT2D eigenvalue weighted by molar-refractivity contribution is 8.01. The number of amides is 1. The molecule has 0 saturated heterocycles. The van der Waals surface area contributed by atoms with Crippen LogP contribution < -0.4 is 10.6 Å². The summed E-state index contributed by atoms with van der Waals surface area (Å²) in [6, 6.07) is 8.17. The van der Waals surface area contributed by atoms with Crippen molar-refractivity contribution in [3.8, 4) is 0 Å². The van der Waals surface area contributed by atoms with Crippen LogP contribution in [0.25, 0.3) is 0 Å². The largest absolute Gasteiger partial charge is 0.350 e. The molecule has 0 aliphatic heterocycles. The van der Waals surface area contributed by atoms with E-state index < -0.39 is 0 Å². The lowest BCUT2D eigenvalue weighted by atomic mass is 9.53. The van der Waals surface area contributed by atoms with Gasteiger partial charge in [-0.2, -0.15) is 0 Å². The van der Waals surface area contributed by atoms with Gasteiger partial charge in [-0.3, -0.25) is 4.79 Å². The second-order valence-electron chi connectivity index (χ2n) is 8.90. The molecule has 1 heterocycles. The van der Waals surface area contributed by atoms with Crippen LogP contribution in [0.15, 0.2) is 28.6 Å². The van der Waals surface area contributed by atoms with Gasteiger partial charge < -0.3 is 10.6 Å². The first kappa shape index (κ1) is 18.4. The second-order valence-corrected chi connectivity index (χ2v) is 11.1. The number of carbonyl (C=O) groups is 1. The normalized spacial score (nSPS) is 30.4. The van der Waals surface area contributed by atoms with Crippen LogP contribution in [0.4, 0.5) is 10.8 Å². The Balaban J connectivity index is 1.15. The number of nitrogens with zero attached hydrogens (tertiary/aromatic N) is 2. The Morgan fingerprint density at radius 1 is 1.18 bits per heavy atom. The van der Waals surface area contributed by atoms with E-state index in [4.69, 9.17) is 0 Å². The molecule has 4 aliphatic carbocycles. The highest BCUT2D eigenvalue weighted by Crippen LogP contribution is 2.55. The van der Waals surface area contributed by atoms with E-state index in [1.54, 1.807) is 0 Å². The molecular weight excluding hydrogens is 388 g/mol. The molecule has 6 rings (SSSR count). The fourth-order valence-electron chi connectivity index (χ4n) is 5.89. The monoisotopic (exact) mass is 414 g/mol. The van der Waals surface area contributed by atoms with E-state index in [1.165, 1.54) is 67.2 Å². The topological polar surface area (TPSA) is 66.9 Å². The first-order valence-corrected chi connectivity index (χ1v) is 12.0. The summed E-state index contributed by atoms with van der Waals surface area (Å²) in [4.78, 5) is 12.6. The summed E-state index contributed by atoms with van der Waals surface area (Å²) in [5.41, 5.74) is 2.29. The van der Waals surface area contributed by atoms with Crippen molar-refractivity contribution in [1.29, 1.82) is 0 Å². The Bertz CT molecular complexity index is 846. The maximum Gasteiger partial charge on any atom is 0.230 e. The second kappa shape index (κ2) is 7.34. The van der Waals surface area contributed by atoms with Crippen LogP contribution >= 0.6 is 23.1 Å². The third kappa shape index (κ3) is 3.92. The molecule has 0 atom stereocenters. The van der Waals surface area contributed by atoms with Crippen molar-refractivity contribution >= 4 is 39.8 Å². The van der Waals surface area contributed by atoms with Gasteiger partial charge in [0, 0.05) is 11.2 Å². The minimum Gasteiger partial charge on any atom is -0.350 e. The Morgan fingerprint density at radius 2 is 1.89 bits per heavy atom. The van der Waals surface area contributed by atoms with E-state index >= 15 is 0 Å². The third-order valence-corrected chi connectivity index (χ3v) is 8.42. The number of rotatable bonds is 6. The number of hydrogen-bond acceptors (Lipinski definition) is 6. The SMILES string of the molecule is Cc1cccc(Nc2nnc(SCC(=O)NC34CC5CC(CC(C5)C3)C4)s2)c1. The van der Waals surface area contributed by atoms with Crippen LogP contribution in [-0.2, 0) is 4.79 Å².